The van der Waals surface area contributed by atoms with Crippen LogP contribution in [0.2, 0.25) is 0 Å². The van der Waals surface area contributed by atoms with Gasteiger partial charge >= 0.3 is 11.9 Å². The number of hydrogen-bond acceptors (Lipinski definition) is 6. The molecule has 0 aromatic rings. The molecule has 0 saturated carbocycles. The Morgan fingerprint density at radius 1 is 1.00 bits per heavy atom. The molecule has 0 atom stereocenters. The highest BCUT2D eigenvalue weighted by molar-refractivity contribution is 5.81. The third-order valence-corrected chi connectivity index (χ3v) is 1.84. The van der Waals surface area contributed by atoms with Gasteiger partial charge in [0.15, 0.2) is 0 Å². The number of nitrogens with zero attached hydrogens (tertiary/aromatic N) is 1. The SMILES string of the molecule is C=CC#N.C=CC(=O)OCCCC.C=CC(=O)OCCOCC. The molecular weight excluding hydrogens is 298 g/mol. The molecule has 0 spiro atoms. The molecule has 0 aliphatic heterocycles. The second-order valence-corrected chi connectivity index (χ2v) is 3.63. The minimum Gasteiger partial charge on any atom is -0.463 e. The summed E-state index contributed by atoms with van der Waals surface area (Å²) in [4.78, 5) is 20.7. The van der Waals surface area contributed by atoms with Crippen LogP contribution in [0.15, 0.2) is 38.0 Å². The van der Waals surface area contributed by atoms with Crippen molar-refractivity contribution in [3.05, 3.63) is 38.0 Å². The molecular formula is C17H27NO5. The Hall–Kier alpha value is -2.39. The second kappa shape index (κ2) is 24.6. The molecule has 0 saturated heterocycles. The van der Waals surface area contributed by atoms with Crippen molar-refractivity contribution in [1.29, 1.82) is 5.26 Å². The third kappa shape index (κ3) is 32.8. The number of rotatable bonds is 9. The summed E-state index contributed by atoms with van der Waals surface area (Å²) in [5, 5.41) is 7.51. The van der Waals surface area contributed by atoms with Gasteiger partial charge in [-0.25, -0.2) is 9.59 Å². The smallest absolute Gasteiger partial charge is 0.330 e. The maximum absolute atomic E-state index is 10.4. The molecule has 0 bridgehead atoms. The van der Waals surface area contributed by atoms with Crippen LogP contribution in [-0.4, -0.2) is 38.4 Å². The van der Waals surface area contributed by atoms with Crippen LogP contribution in [0, 0.1) is 11.3 Å². The molecule has 23 heavy (non-hydrogen) atoms. The summed E-state index contributed by atoms with van der Waals surface area (Å²) in [6.07, 6.45) is 5.46. The lowest BCUT2D eigenvalue weighted by atomic mass is 10.4. The highest BCUT2D eigenvalue weighted by atomic mass is 16.6. The van der Waals surface area contributed by atoms with E-state index < -0.39 is 5.97 Å². The molecule has 130 valence electrons. The Labute approximate surface area is 139 Å². The lowest BCUT2D eigenvalue weighted by Crippen LogP contribution is -2.07. The molecule has 0 unspecified atom stereocenters. The fraction of sp³-hybridized carbons (Fsp3) is 0.471. The van der Waals surface area contributed by atoms with E-state index in [-0.39, 0.29) is 5.97 Å². The topological polar surface area (TPSA) is 85.6 Å². The zero-order valence-electron chi connectivity index (χ0n) is 14.1. The highest BCUT2D eigenvalue weighted by Gasteiger charge is 1.92. The third-order valence-electron chi connectivity index (χ3n) is 1.84. The summed E-state index contributed by atoms with van der Waals surface area (Å²) < 4.78 is 14.2. The van der Waals surface area contributed by atoms with Crippen molar-refractivity contribution < 1.29 is 23.8 Å². The number of carbonyl (C=O) groups excluding carboxylic acids is 2. The van der Waals surface area contributed by atoms with Crippen LogP contribution >= 0.6 is 0 Å². The number of carbonyl (C=O) groups is 2. The average Bonchev–Trinajstić information content (AvgIpc) is 2.59. The van der Waals surface area contributed by atoms with E-state index in [1.54, 1.807) is 6.07 Å². The minimum absolute atomic E-state index is 0.304. The maximum Gasteiger partial charge on any atom is 0.330 e. The van der Waals surface area contributed by atoms with Gasteiger partial charge in [-0.3, -0.25) is 0 Å². The summed E-state index contributed by atoms with van der Waals surface area (Å²) in [7, 11) is 0. The fourth-order valence-corrected chi connectivity index (χ4v) is 0.780. The Morgan fingerprint density at radius 2 is 1.48 bits per heavy atom. The summed E-state index contributed by atoms with van der Waals surface area (Å²) in [6, 6.07) is 1.69. The molecule has 6 nitrogen and oxygen atoms in total. The molecule has 0 radical (unpaired) electrons. The number of ether oxygens (including phenoxy) is 3. The second-order valence-electron chi connectivity index (χ2n) is 3.63. The van der Waals surface area contributed by atoms with Gasteiger partial charge in [0, 0.05) is 24.8 Å². The molecule has 0 aromatic heterocycles. The van der Waals surface area contributed by atoms with Gasteiger partial charge in [-0.1, -0.05) is 33.1 Å². The predicted octanol–water partition coefficient (Wildman–Crippen LogP) is 2.96. The van der Waals surface area contributed by atoms with Crippen molar-refractivity contribution in [2.24, 2.45) is 0 Å². The largest absolute Gasteiger partial charge is 0.463 e. The van der Waals surface area contributed by atoms with Crippen molar-refractivity contribution in [3.8, 4) is 6.07 Å². The Morgan fingerprint density at radius 3 is 1.83 bits per heavy atom. The van der Waals surface area contributed by atoms with E-state index in [1.807, 2.05) is 13.8 Å². The molecule has 0 aromatic carbocycles. The van der Waals surface area contributed by atoms with Crippen molar-refractivity contribution >= 4 is 11.9 Å². The summed E-state index contributed by atoms with van der Waals surface area (Å²) in [5.74, 6) is -0.733. The maximum atomic E-state index is 10.4. The molecule has 0 heterocycles. The van der Waals surface area contributed by atoms with Crippen molar-refractivity contribution in [2.45, 2.75) is 26.7 Å². The lowest BCUT2D eigenvalue weighted by molar-refractivity contribution is -0.139. The van der Waals surface area contributed by atoms with Crippen LogP contribution in [0.4, 0.5) is 0 Å². The molecule has 0 rings (SSSR count). The monoisotopic (exact) mass is 325 g/mol. The van der Waals surface area contributed by atoms with Gasteiger partial charge in [-0.2, -0.15) is 5.26 Å². The molecule has 0 aliphatic carbocycles. The Balaban J connectivity index is -0.000000284. The first-order valence-corrected chi connectivity index (χ1v) is 7.20. The lowest BCUT2D eigenvalue weighted by Gasteiger charge is -2.00. The van der Waals surface area contributed by atoms with Crippen LogP contribution in [0.1, 0.15) is 26.7 Å². The van der Waals surface area contributed by atoms with Gasteiger partial charge in [0.2, 0.25) is 0 Å². The molecule has 6 heteroatoms. The standard InChI is InChI=1S/C7H12O3.C7H12O2.C3H3N/c1-3-7(8)10-6-5-9-4-2;1-3-5-6-9-7(8)4-2;1-2-3-4/h3H,1,4-6H2,2H3;4H,2-3,5-6H2,1H3;2H,1H2. The Kier molecular flexibility index (Phi) is 27.4. The van der Waals surface area contributed by atoms with Gasteiger partial charge in [0.1, 0.15) is 6.61 Å². The first-order chi connectivity index (χ1) is 11.0. The van der Waals surface area contributed by atoms with E-state index in [0.29, 0.717) is 26.4 Å². The summed E-state index contributed by atoms with van der Waals surface area (Å²) >= 11 is 0. The van der Waals surface area contributed by atoms with Crippen molar-refractivity contribution in [1.82, 2.24) is 0 Å². The van der Waals surface area contributed by atoms with Gasteiger partial charge < -0.3 is 14.2 Å². The molecule has 0 N–H and O–H groups in total. The molecule has 0 fully saturated rings. The normalized spacial score (nSPS) is 7.87. The van der Waals surface area contributed by atoms with E-state index in [2.05, 4.69) is 29.2 Å². The van der Waals surface area contributed by atoms with Crippen LogP contribution < -0.4 is 0 Å². The first kappa shape index (κ1) is 25.6. The van der Waals surface area contributed by atoms with Crippen molar-refractivity contribution in [3.63, 3.8) is 0 Å². The van der Waals surface area contributed by atoms with E-state index in [4.69, 9.17) is 10.00 Å². The van der Waals surface area contributed by atoms with E-state index >= 15 is 0 Å². The van der Waals surface area contributed by atoms with Crippen LogP contribution in [-0.2, 0) is 23.8 Å². The van der Waals surface area contributed by atoms with Gasteiger partial charge in [0.25, 0.3) is 0 Å². The average molecular weight is 325 g/mol. The van der Waals surface area contributed by atoms with Crippen LogP contribution in [0.3, 0.4) is 0 Å². The van der Waals surface area contributed by atoms with Crippen molar-refractivity contribution in [2.75, 3.05) is 26.4 Å². The van der Waals surface area contributed by atoms with Gasteiger partial charge in [-0.05, 0) is 13.3 Å². The number of unbranched alkanes of at least 4 members (excludes halogenated alkanes) is 1. The number of hydrogen-bond donors (Lipinski definition) is 0. The summed E-state index contributed by atoms with van der Waals surface area (Å²) in [6.45, 7) is 15.5. The quantitative estimate of drug-likeness (QED) is 0.280. The highest BCUT2D eigenvalue weighted by Crippen LogP contribution is 1.88. The van der Waals surface area contributed by atoms with Gasteiger partial charge in [0.05, 0.1) is 19.3 Å². The van der Waals surface area contributed by atoms with E-state index in [1.165, 1.54) is 12.2 Å². The van der Waals surface area contributed by atoms with E-state index in [0.717, 1.165) is 18.9 Å². The first-order valence-electron chi connectivity index (χ1n) is 7.20. The molecule has 0 amide bonds. The van der Waals surface area contributed by atoms with Gasteiger partial charge in [-0.15, -0.1) is 0 Å². The van der Waals surface area contributed by atoms with Crippen LogP contribution in [0.25, 0.3) is 0 Å². The van der Waals surface area contributed by atoms with Crippen LogP contribution in [0.5, 0.6) is 0 Å². The Bertz CT molecular complexity index is 372. The van der Waals surface area contributed by atoms with E-state index in [9.17, 15) is 9.59 Å². The zero-order valence-corrected chi connectivity index (χ0v) is 14.1. The number of nitriles is 1. The predicted molar refractivity (Wildman–Crippen MR) is 89.5 cm³/mol. The number of esters is 2. The summed E-state index contributed by atoms with van der Waals surface area (Å²) in [5.41, 5.74) is 0. The number of allylic oxidation sites excluding steroid dienone is 1. The zero-order chi connectivity index (χ0) is 18.3. The minimum atomic E-state index is -0.403. The fourth-order valence-electron chi connectivity index (χ4n) is 0.780. The molecule has 0 aliphatic rings.